The lowest BCUT2D eigenvalue weighted by molar-refractivity contribution is -0.135. The summed E-state index contributed by atoms with van der Waals surface area (Å²) in [7, 11) is 0. The number of hydrogen-bond acceptors (Lipinski definition) is 7. The van der Waals surface area contributed by atoms with Gasteiger partial charge >= 0.3 is 11.9 Å². The molecule has 0 amide bonds. The van der Waals surface area contributed by atoms with Crippen molar-refractivity contribution >= 4 is 34.7 Å². The maximum atomic E-state index is 13.7. The zero-order valence-corrected chi connectivity index (χ0v) is 22.4. The molecule has 3 aliphatic rings. The smallest absolute Gasteiger partial charge is 0.342 e. The van der Waals surface area contributed by atoms with Gasteiger partial charge in [0.05, 0.1) is 18.0 Å². The molecule has 1 N–H and O–H groups in total. The summed E-state index contributed by atoms with van der Waals surface area (Å²) >= 11 is 0. The number of para-hydroxylation sites is 1. The minimum absolute atomic E-state index is 0.0225. The first-order valence-corrected chi connectivity index (χ1v) is 14.0. The second-order valence-corrected chi connectivity index (χ2v) is 10.9. The molecule has 3 aromatic rings. The number of phenols is 1. The van der Waals surface area contributed by atoms with Crippen molar-refractivity contribution in [1.82, 2.24) is 4.57 Å². The summed E-state index contributed by atoms with van der Waals surface area (Å²) in [6.45, 7) is 2.31. The number of fused-ring (bicyclic) bond motifs is 2. The van der Waals surface area contributed by atoms with Crippen LogP contribution >= 0.6 is 0 Å². The molecule has 206 valence electrons. The quantitative estimate of drug-likeness (QED) is 0.333. The second kappa shape index (κ2) is 10.4. The van der Waals surface area contributed by atoms with E-state index in [1.165, 1.54) is 0 Å². The minimum atomic E-state index is -0.792. The first-order valence-electron chi connectivity index (χ1n) is 14.0. The molecule has 2 atom stereocenters. The standard InChI is InChI=1S/C32H31NO7/c1-18-7-5-12-22(34)11-4-2-3-8-20-16-25-28(30(36)27(20)32(38)39-18)23(17-26(35)40-25)24-15-21-10-6-9-19-13-14-33(29(19)21)31(24)37/h3,6,8-10,15-16,18,23,36H,2,4-5,7,11-14,17H2,1H3. The van der Waals surface area contributed by atoms with Crippen LogP contribution in [0.4, 0.5) is 0 Å². The number of nitrogens with zero attached hydrogens (tertiary/aromatic N) is 1. The summed E-state index contributed by atoms with van der Waals surface area (Å²) in [5.41, 5.74) is 2.73. The van der Waals surface area contributed by atoms with Crippen molar-refractivity contribution in [2.45, 2.75) is 76.9 Å². The zero-order chi connectivity index (χ0) is 28.0. The lowest BCUT2D eigenvalue weighted by Crippen LogP contribution is -2.29. The Morgan fingerprint density at radius 1 is 1.02 bits per heavy atom. The minimum Gasteiger partial charge on any atom is -0.507 e. The molecule has 0 spiro atoms. The maximum absolute atomic E-state index is 13.7. The first-order chi connectivity index (χ1) is 19.3. The Morgan fingerprint density at radius 2 is 1.85 bits per heavy atom. The predicted molar refractivity (Wildman–Crippen MR) is 149 cm³/mol. The maximum Gasteiger partial charge on any atom is 0.342 e. The number of benzene rings is 2. The van der Waals surface area contributed by atoms with Crippen molar-refractivity contribution in [3.8, 4) is 11.5 Å². The normalized spacial score (nSPS) is 21.4. The van der Waals surface area contributed by atoms with Gasteiger partial charge in [-0.3, -0.25) is 14.4 Å². The van der Waals surface area contributed by atoms with E-state index in [1.807, 2.05) is 24.3 Å². The molecule has 1 aromatic heterocycles. The van der Waals surface area contributed by atoms with Crippen LogP contribution in [0.15, 0.2) is 41.2 Å². The summed E-state index contributed by atoms with van der Waals surface area (Å²) in [6, 6.07) is 9.25. The number of aromatic hydroxyl groups is 1. The van der Waals surface area contributed by atoms with Gasteiger partial charge in [-0.1, -0.05) is 30.4 Å². The summed E-state index contributed by atoms with van der Waals surface area (Å²) < 4.78 is 13.0. The predicted octanol–water partition coefficient (Wildman–Crippen LogP) is 5.19. The number of phenolic OH excluding ortho intramolecular Hbond substituents is 1. The highest BCUT2D eigenvalue weighted by atomic mass is 16.5. The molecular weight excluding hydrogens is 510 g/mol. The molecule has 0 aliphatic carbocycles. The summed E-state index contributed by atoms with van der Waals surface area (Å²) in [5, 5.41) is 12.5. The molecule has 0 radical (unpaired) electrons. The summed E-state index contributed by atoms with van der Waals surface area (Å²) in [4.78, 5) is 52.1. The number of ether oxygens (including phenoxy) is 2. The molecule has 4 heterocycles. The molecule has 0 fully saturated rings. The number of rotatable bonds is 1. The van der Waals surface area contributed by atoms with Crippen LogP contribution < -0.4 is 10.3 Å². The Morgan fingerprint density at radius 3 is 2.70 bits per heavy atom. The number of carbonyl (C=O) groups excluding carboxylic acids is 3. The van der Waals surface area contributed by atoms with Gasteiger partial charge in [-0.2, -0.15) is 0 Å². The molecule has 0 bridgehead atoms. The number of ketones is 1. The highest BCUT2D eigenvalue weighted by Gasteiger charge is 2.37. The van der Waals surface area contributed by atoms with Gasteiger partial charge in [0.25, 0.3) is 5.56 Å². The average Bonchev–Trinajstić information content (AvgIpc) is 3.35. The molecule has 2 unspecified atom stereocenters. The summed E-state index contributed by atoms with van der Waals surface area (Å²) in [5.74, 6) is -2.05. The topological polar surface area (TPSA) is 112 Å². The zero-order valence-electron chi connectivity index (χ0n) is 22.4. The van der Waals surface area contributed by atoms with Crippen molar-refractivity contribution < 1.29 is 29.0 Å². The Hall–Kier alpha value is -4.20. The van der Waals surface area contributed by atoms with Gasteiger partial charge in [-0.15, -0.1) is 0 Å². The number of hydrogen-bond donors (Lipinski definition) is 1. The third kappa shape index (κ3) is 4.61. The van der Waals surface area contributed by atoms with Crippen molar-refractivity contribution in [1.29, 1.82) is 0 Å². The molecule has 8 nitrogen and oxygen atoms in total. The van der Waals surface area contributed by atoms with Crippen LogP contribution in [-0.4, -0.2) is 33.5 Å². The van der Waals surface area contributed by atoms with Crippen molar-refractivity contribution in [3.63, 3.8) is 0 Å². The number of aromatic nitrogens is 1. The fourth-order valence-corrected chi connectivity index (χ4v) is 6.23. The SMILES string of the molecule is CC1CCCC(=O)CCCC=Cc2cc3c(c(O)c2C(=O)O1)C(c1cc2cccc4c2n(c1=O)CC4)CC(=O)O3. The Balaban J connectivity index is 1.50. The van der Waals surface area contributed by atoms with Crippen LogP contribution in [0.2, 0.25) is 0 Å². The Bertz CT molecular complexity index is 1650. The van der Waals surface area contributed by atoms with Gasteiger partial charge in [0.2, 0.25) is 0 Å². The van der Waals surface area contributed by atoms with Crippen LogP contribution in [-0.2, 0) is 27.3 Å². The van der Waals surface area contributed by atoms with Gasteiger partial charge < -0.3 is 19.1 Å². The van der Waals surface area contributed by atoms with Crippen LogP contribution in [0, 0.1) is 0 Å². The largest absolute Gasteiger partial charge is 0.507 e. The van der Waals surface area contributed by atoms with Crippen LogP contribution in [0.25, 0.3) is 17.0 Å². The molecule has 3 aliphatic heterocycles. The number of aryl methyl sites for hydroxylation is 2. The number of pyridine rings is 1. The third-order valence-electron chi connectivity index (χ3n) is 8.18. The fourth-order valence-electron chi connectivity index (χ4n) is 6.23. The van der Waals surface area contributed by atoms with Crippen molar-refractivity contribution in [3.05, 3.63) is 74.6 Å². The highest BCUT2D eigenvalue weighted by molar-refractivity contribution is 5.99. The van der Waals surface area contributed by atoms with E-state index in [0.29, 0.717) is 56.2 Å². The monoisotopic (exact) mass is 541 g/mol. The number of Topliss-reactive ketones (excluding diaryl/α,β-unsaturated/α-hetero) is 1. The molecule has 40 heavy (non-hydrogen) atoms. The van der Waals surface area contributed by atoms with Gasteiger partial charge in [-0.05, 0) is 67.7 Å². The lowest BCUT2D eigenvalue weighted by atomic mass is 9.83. The van der Waals surface area contributed by atoms with Crippen LogP contribution in [0.5, 0.6) is 11.5 Å². The van der Waals surface area contributed by atoms with E-state index in [1.54, 1.807) is 29.7 Å². The van der Waals surface area contributed by atoms with Crippen LogP contribution in [0.3, 0.4) is 0 Å². The van der Waals surface area contributed by atoms with Crippen LogP contribution in [0.1, 0.15) is 90.4 Å². The number of carbonyl (C=O) groups is 3. The van der Waals surface area contributed by atoms with Crippen molar-refractivity contribution in [2.24, 2.45) is 0 Å². The molecular formula is C32H31NO7. The lowest BCUT2D eigenvalue weighted by Gasteiger charge is -2.27. The van der Waals surface area contributed by atoms with E-state index in [9.17, 15) is 24.3 Å². The van der Waals surface area contributed by atoms with Gasteiger partial charge in [-0.25, -0.2) is 4.79 Å². The number of cyclic esters (lactones) is 1. The fraction of sp³-hybridized carbons (Fsp3) is 0.375. The highest BCUT2D eigenvalue weighted by Crippen LogP contribution is 2.47. The van der Waals surface area contributed by atoms with E-state index in [-0.39, 0.29) is 40.4 Å². The van der Waals surface area contributed by atoms with Gasteiger partial charge in [0.1, 0.15) is 22.8 Å². The van der Waals surface area contributed by atoms with Crippen molar-refractivity contribution in [2.75, 3.05) is 0 Å². The molecule has 0 saturated carbocycles. The molecule has 2 aromatic carbocycles. The Labute approximate surface area is 231 Å². The summed E-state index contributed by atoms with van der Waals surface area (Å²) in [6.07, 6.45) is 6.99. The van der Waals surface area contributed by atoms with Gasteiger partial charge in [0, 0.05) is 36.4 Å². The second-order valence-electron chi connectivity index (χ2n) is 10.9. The molecule has 0 saturated heterocycles. The molecule has 6 rings (SSSR count). The van der Waals surface area contributed by atoms with E-state index in [0.717, 1.165) is 22.9 Å². The Kier molecular flexibility index (Phi) is 6.78. The van der Waals surface area contributed by atoms with Gasteiger partial charge in [0.15, 0.2) is 0 Å². The molecule has 8 heteroatoms. The van der Waals surface area contributed by atoms with E-state index in [4.69, 9.17) is 9.47 Å². The van der Waals surface area contributed by atoms with E-state index in [2.05, 4.69) is 0 Å². The van der Waals surface area contributed by atoms with E-state index < -0.39 is 24.0 Å². The number of allylic oxidation sites excluding steroid dienone is 1. The number of esters is 2. The average molecular weight is 542 g/mol. The third-order valence-corrected chi connectivity index (χ3v) is 8.18. The van der Waals surface area contributed by atoms with E-state index >= 15 is 0 Å². The first kappa shape index (κ1) is 26.0.